The lowest BCUT2D eigenvalue weighted by atomic mass is 9.86. The number of oxazole rings is 1. The molecule has 328 valence electrons. The van der Waals surface area contributed by atoms with Crippen LogP contribution in [0, 0.1) is 11.8 Å². The van der Waals surface area contributed by atoms with Crippen molar-refractivity contribution in [2.24, 2.45) is 11.8 Å². The van der Waals surface area contributed by atoms with E-state index in [9.17, 15) is 32.8 Å². The summed E-state index contributed by atoms with van der Waals surface area (Å²) in [6.07, 6.45) is 6.93. The molecule has 2 fully saturated rings. The van der Waals surface area contributed by atoms with Crippen LogP contribution in [-0.2, 0) is 11.3 Å². The molecular formula is C44H46F2N10O7. The largest absolute Gasteiger partial charge is 0.456 e. The molecule has 0 bridgehead atoms. The van der Waals surface area contributed by atoms with Gasteiger partial charge in [0, 0.05) is 56.2 Å². The third-order valence-corrected chi connectivity index (χ3v) is 11.3. The van der Waals surface area contributed by atoms with Gasteiger partial charge in [0.15, 0.2) is 11.4 Å². The average molecular weight is 865 g/mol. The van der Waals surface area contributed by atoms with Crippen LogP contribution in [0.25, 0.3) is 11.5 Å². The molecule has 0 atom stereocenters. The fourth-order valence-electron chi connectivity index (χ4n) is 7.74. The molecule has 0 saturated heterocycles. The van der Waals surface area contributed by atoms with Gasteiger partial charge in [-0.2, -0.15) is 5.10 Å². The summed E-state index contributed by atoms with van der Waals surface area (Å²) in [7, 11) is 1.98. The first kappa shape index (κ1) is 42.7. The van der Waals surface area contributed by atoms with Gasteiger partial charge in [0.1, 0.15) is 23.6 Å². The number of pyridine rings is 1. The molecule has 5 N–H and O–H groups in total. The van der Waals surface area contributed by atoms with Gasteiger partial charge in [-0.25, -0.2) is 23.5 Å². The second kappa shape index (κ2) is 18.9. The van der Waals surface area contributed by atoms with E-state index in [1.807, 2.05) is 12.4 Å². The van der Waals surface area contributed by atoms with E-state index in [-0.39, 0.29) is 52.8 Å². The van der Waals surface area contributed by atoms with E-state index < -0.39 is 35.6 Å². The van der Waals surface area contributed by atoms with Crippen LogP contribution in [0.1, 0.15) is 93.5 Å². The number of alkyl halides is 2. The predicted octanol–water partition coefficient (Wildman–Crippen LogP) is 6.35. The van der Waals surface area contributed by atoms with Crippen LogP contribution >= 0.6 is 0 Å². The number of carbonyl (C=O) groups excluding carboxylic acids is 5. The predicted molar refractivity (Wildman–Crippen MR) is 225 cm³/mol. The second-order valence-electron chi connectivity index (χ2n) is 16.0. The number of rotatable bonds is 17. The highest BCUT2D eigenvalue weighted by molar-refractivity contribution is 6.49. The summed E-state index contributed by atoms with van der Waals surface area (Å²) in [5.41, 5.74) is 0.663. The molecule has 3 aliphatic rings. The molecule has 0 spiro atoms. The summed E-state index contributed by atoms with van der Waals surface area (Å²) >= 11 is 0. The zero-order chi connectivity index (χ0) is 44.0. The molecule has 1 aliphatic heterocycles. The zero-order valence-corrected chi connectivity index (χ0v) is 34.4. The number of carbonyl (C=O) groups is 5. The molecule has 0 unspecified atom stereocenters. The second-order valence-corrected chi connectivity index (χ2v) is 16.0. The number of aromatic nitrogens is 4. The molecular weight excluding hydrogens is 819 g/mol. The normalized spacial score (nSPS) is 17.3. The van der Waals surface area contributed by atoms with Crippen LogP contribution in [0.4, 0.5) is 25.1 Å². The zero-order valence-electron chi connectivity index (χ0n) is 34.4. The molecule has 17 nitrogen and oxygen atoms in total. The third kappa shape index (κ3) is 10.5. The van der Waals surface area contributed by atoms with E-state index in [1.165, 1.54) is 48.2 Å². The number of hydrogen-bond donors (Lipinski definition) is 5. The van der Waals surface area contributed by atoms with Gasteiger partial charge in [-0.3, -0.25) is 29.2 Å². The maximum atomic E-state index is 14.1. The van der Waals surface area contributed by atoms with Crippen LogP contribution in [0.3, 0.4) is 0 Å². The Morgan fingerprint density at radius 2 is 1.78 bits per heavy atom. The van der Waals surface area contributed by atoms with Gasteiger partial charge in [-0.1, -0.05) is 18.2 Å². The Morgan fingerprint density at radius 1 is 0.984 bits per heavy atom. The summed E-state index contributed by atoms with van der Waals surface area (Å²) in [4.78, 5) is 73.0. The molecule has 5 amide bonds. The monoisotopic (exact) mass is 864 g/mol. The number of ether oxygens (including phenoxy) is 1. The SMILES string of the molecule is CN(CCNC(=O)NCc1cccc(Oc2cccc3c2C(=O)NC(=O)C3=O)c1)CC1CCC(n2cc(NC(=O)c3coc(-c4ccnc(NCC5CC5)c4)n3)c(C(F)F)n2)CC1. The Morgan fingerprint density at radius 3 is 2.57 bits per heavy atom. The van der Waals surface area contributed by atoms with Crippen LogP contribution in [-0.4, -0.2) is 87.4 Å². The molecule has 4 heterocycles. The quantitative estimate of drug-likeness (QED) is 0.0511. The number of ketones is 1. The van der Waals surface area contributed by atoms with Crippen LogP contribution in [0.15, 0.2) is 77.7 Å². The van der Waals surface area contributed by atoms with Crippen molar-refractivity contribution < 1.29 is 41.9 Å². The van der Waals surface area contributed by atoms with Gasteiger partial charge >= 0.3 is 6.03 Å². The molecule has 2 saturated carbocycles. The maximum absolute atomic E-state index is 14.1. The number of nitrogens with zero attached hydrogens (tertiary/aromatic N) is 5. The minimum Gasteiger partial charge on any atom is -0.456 e. The number of halogens is 2. The number of benzene rings is 2. The van der Waals surface area contributed by atoms with Crippen LogP contribution in [0.2, 0.25) is 0 Å². The molecule has 5 aromatic rings. The lowest BCUT2D eigenvalue weighted by Gasteiger charge is -2.31. The number of fused-ring (bicyclic) bond motifs is 1. The van der Waals surface area contributed by atoms with Crippen molar-refractivity contribution in [1.82, 2.24) is 40.6 Å². The van der Waals surface area contributed by atoms with Crippen molar-refractivity contribution >= 4 is 41.0 Å². The van der Waals surface area contributed by atoms with Crippen molar-refractivity contribution in [2.75, 3.05) is 43.9 Å². The lowest BCUT2D eigenvalue weighted by Crippen LogP contribution is -2.42. The van der Waals surface area contributed by atoms with Crippen molar-refractivity contribution in [3.63, 3.8) is 0 Å². The van der Waals surface area contributed by atoms with E-state index >= 15 is 0 Å². The van der Waals surface area contributed by atoms with Gasteiger partial charge in [0.05, 0.1) is 17.3 Å². The van der Waals surface area contributed by atoms with E-state index in [0.717, 1.165) is 44.3 Å². The van der Waals surface area contributed by atoms with Crippen molar-refractivity contribution in [3.8, 4) is 23.0 Å². The fourth-order valence-corrected chi connectivity index (χ4v) is 7.74. The summed E-state index contributed by atoms with van der Waals surface area (Å²) in [6, 6.07) is 14.4. The standard InChI is InChI=1S/C44H46F2N10O7/c1-55(17-16-48-44(61)50-21-27-4-2-5-30(18-27)63-34-7-3-6-31-36(34)41(59)53-42(60)38(31)57)22-26-10-12-29(13-11-26)56-23-32(37(54-56)39(45)46)51-40(58)33-24-62-43(52-33)28-14-15-47-35(19-28)49-20-25-8-9-25/h2-7,14-15,18-19,23-26,29,39H,8-13,16-17,20-22H2,1H3,(H,47,49)(H,51,58)(H2,48,50,61)(H,53,59,60). The average Bonchev–Trinajstić information content (AvgIpc) is 3.79. The minimum atomic E-state index is -2.90. The minimum absolute atomic E-state index is 0.0207. The Labute approximate surface area is 360 Å². The highest BCUT2D eigenvalue weighted by Gasteiger charge is 2.33. The smallest absolute Gasteiger partial charge is 0.315 e. The molecule has 3 aromatic heterocycles. The van der Waals surface area contributed by atoms with Gasteiger partial charge in [-0.05, 0) is 99.4 Å². The van der Waals surface area contributed by atoms with Gasteiger partial charge < -0.3 is 35.3 Å². The molecule has 0 radical (unpaired) electrons. The summed E-state index contributed by atoms with van der Waals surface area (Å²) in [5.74, 6) is -0.820. The molecule has 2 aromatic carbocycles. The number of imide groups is 1. The summed E-state index contributed by atoms with van der Waals surface area (Å²) < 4.78 is 41.3. The van der Waals surface area contributed by atoms with Crippen molar-refractivity contribution in [3.05, 3.63) is 101 Å². The number of urea groups is 1. The number of nitrogens with one attached hydrogen (secondary N) is 5. The van der Waals surface area contributed by atoms with E-state index in [2.05, 4.69) is 41.2 Å². The fraction of sp³-hybridized carbons (Fsp3) is 0.364. The molecule has 8 rings (SSSR count). The maximum Gasteiger partial charge on any atom is 0.315 e. The Kier molecular flexibility index (Phi) is 12.8. The number of likely N-dealkylation sites (N-methyl/N-ethyl adjacent to an activating group) is 1. The summed E-state index contributed by atoms with van der Waals surface area (Å²) in [5, 5.41) is 17.8. The third-order valence-electron chi connectivity index (χ3n) is 11.3. The summed E-state index contributed by atoms with van der Waals surface area (Å²) in [6.45, 7) is 2.83. The number of amides is 5. The van der Waals surface area contributed by atoms with Gasteiger partial charge in [-0.15, -0.1) is 0 Å². The Hall–Kier alpha value is -7.02. The Balaban J connectivity index is 0.758. The first-order valence-corrected chi connectivity index (χ1v) is 20.8. The van der Waals surface area contributed by atoms with Crippen molar-refractivity contribution in [2.45, 2.75) is 57.5 Å². The first-order valence-electron chi connectivity index (χ1n) is 20.8. The lowest BCUT2D eigenvalue weighted by molar-refractivity contribution is -0.116. The number of hydrogen-bond acceptors (Lipinski definition) is 12. The van der Waals surface area contributed by atoms with E-state index in [4.69, 9.17) is 9.15 Å². The number of anilines is 2. The molecule has 19 heteroatoms. The topological polar surface area (TPSA) is 215 Å². The van der Waals surface area contributed by atoms with Gasteiger partial charge in [0.25, 0.3) is 29.9 Å². The van der Waals surface area contributed by atoms with Gasteiger partial charge in [0.2, 0.25) is 5.89 Å². The highest BCUT2D eigenvalue weighted by Crippen LogP contribution is 2.36. The highest BCUT2D eigenvalue weighted by atomic mass is 19.3. The van der Waals surface area contributed by atoms with E-state index in [0.29, 0.717) is 42.1 Å². The first-order chi connectivity index (χ1) is 30.5. The molecule has 63 heavy (non-hydrogen) atoms. The Bertz CT molecular complexity index is 2510. The van der Waals surface area contributed by atoms with Crippen LogP contribution in [0.5, 0.6) is 11.5 Å². The molecule has 2 aliphatic carbocycles. The number of Topliss-reactive ketones (excluding diaryl/α,β-unsaturated/α-hetero) is 1. The van der Waals surface area contributed by atoms with E-state index in [1.54, 1.807) is 42.6 Å². The van der Waals surface area contributed by atoms with Crippen LogP contribution < -0.4 is 31.3 Å². The van der Waals surface area contributed by atoms with Crippen molar-refractivity contribution in [1.29, 1.82) is 0 Å².